The topological polar surface area (TPSA) is 35.8 Å². The SMILES string of the molecule is CCC(C#N)(Nc1ccc(F)cc1)C1CC1. The number of nitrogens with zero attached hydrogens (tertiary/aromatic N) is 1. The smallest absolute Gasteiger partial charge is 0.127 e. The number of halogens is 1. The highest BCUT2D eigenvalue weighted by Crippen LogP contribution is 2.43. The van der Waals surface area contributed by atoms with Crippen LogP contribution in [0.5, 0.6) is 0 Å². The third kappa shape index (κ3) is 2.01. The van der Waals surface area contributed by atoms with Gasteiger partial charge >= 0.3 is 0 Å². The lowest BCUT2D eigenvalue weighted by Gasteiger charge is -2.27. The average molecular weight is 218 g/mol. The van der Waals surface area contributed by atoms with Crippen molar-refractivity contribution in [3.05, 3.63) is 30.1 Å². The number of hydrogen-bond acceptors (Lipinski definition) is 2. The Balaban J connectivity index is 2.17. The molecule has 1 aromatic carbocycles. The van der Waals surface area contributed by atoms with Gasteiger partial charge in [-0.15, -0.1) is 0 Å². The summed E-state index contributed by atoms with van der Waals surface area (Å²) in [6, 6.07) is 8.56. The summed E-state index contributed by atoms with van der Waals surface area (Å²) in [6.07, 6.45) is 2.98. The minimum absolute atomic E-state index is 0.254. The Morgan fingerprint density at radius 1 is 1.44 bits per heavy atom. The van der Waals surface area contributed by atoms with Crippen molar-refractivity contribution in [3.8, 4) is 6.07 Å². The van der Waals surface area contributed by atoms with Crippen molar-refractivity contribution in [3.63, 3.8) is 0 Å². The van der Waals surface area contributed by atoms with Crippen molar-refractivity contribution in [1.82, 2.24) is 0 Å². The molecule has 1 aromatic rings. The standard InChI is InChI=1S/C13H15FN2/c1-2-13(9-15,10-3-4-10)16-12-7-5-11(14)6-8-12/h5-8,10,16H,2-4H2,1H3. The van der Waals surface area contributed by atoms with Gasteiger partial charge in [0.1, 0.15) is 11.4 Å². The molecule has 0 radical (unpaired) electrons. The summed E-state index contributed by atoms with van der Waals surface area (Å²) >= 11 is 0. The summed E-state index contributed by atoms with van der Waals surface area (Å²) in [5, 5.41) is 12.6. The van der Waals surface area contributed by atoms with Gasteiger partial charge < -0.3 is 5.32 Å². The van der Waals surface area contributed by atoms with Crippen LogP contribution in [0.2, 0.25) is 0 Å². The number of hydrogen-bond donors (Lipinski definition) is 1. The largest absolute Gasteiger partial charge is 0.367 e. The summed E-state index contributed by atoms with van der Waals surface area (Å²) in [4.78, 5) is 0. The zero-order valence-corrected chi connectivity index (χ0v) is 9.33. The molecule has 1 fully saturated rings. The van der Waals surface area contributed by atoms with Gasteiger partial charge in [0.15, 0.2) is 0 Å². The fourth-order valence-corrected chi connectivity index (χ4v) is 2.04. The van der Waals surface area contributed by atoms with Crippen molar-refractivity contribution < 1.29 is 4.39 Å². The van der Waals surface area contributed by atoms with Gasteiger partial charge in [0, 0.05) is 5.69 Å². The molecule has 1 atom stereocenters. The molecule has 16 heavy (non-hydrogen) atoms. The van der Waals surface area contributed by atoms with Crippen molar-refractivity contribution in [2.24, 2.45) is 5.92 Å². The first-order valence-electron chi connectivity index (χ1n) is 5.65. The van der Waals surface area contributed by atoms with Crippen LogP contribution in [0.15, 0.2) is 24.3 Å². The highest BCUT2D eigenvalue weighted by Gasteiger charge is 2.44. The van der Waals surface area contributed by atoms with Crippen LogP contribution in [0.25, 0.3) is 0 Å². The quantitative estimate of drug-likeness (QED) is 0.841. The second kappa shape index (κ2) is 4.13. The lowest BCUT2D eigenvalue weighted by Crippen LogP contribution is -2.38. The monoisotopic (exact) mass is 218 g/mol. The minimum atomic E-state index is -0.474. The third-order valence-electron chi connectivity index (χ3n) is 3.24. The van der Waals surface area contributed by atoms with Crippen molar-refractivity contribution in [2.45, 2.75) is 31.7 Å². The molecule has 0 heterocycles. The molecule has 0 saturated heterocycles. The van der Waals surface area contributed by atoms with E-state index in [0.717, 1.165) is 24.9 Å². The summed E-state index contributed by atoms with van der Waals surface area (Å²) in [5.41, 5.74) is 0.342. The molecule has 0 aliphatic heterocycles. The Bertz CT molecular complexity index is 403. The molecule has 0 amide bonds. The van der Waals surface area contributed by atoms with E-state index in [-0.39, 0.29) is 5.82 Å². The van der Waals surface area contributed by atoms with Gasteiger partial charge in [-0.1, -0.05) is 6.92 Å². The van der Waals surface area contributed by atoms with Crippen LogP contribution in [0.4, 0.5) is 10.1 Å². The molecule has 0 aromatic heterocycles. The van der Waals surface area contributed by atoms with Crippen LogP contribution in [0, 0.1) is 23.1 Å². The highest BCUT2D eigenvalue weighted by atomic mass is 19.1. The maximum absolute atomic E-state index is 12.8. The van der Waals surface area contributed by atoms with Crippen molar-refractivity contribution >= 4 is 5.69 Å². The molecular weight excluding hydrogens is 203 g/mol. The number of nitriles is 1. The molecule has 1 unspecified atom stereocenters. The van der Waals surface area contributed by atoms with Gasteiger partial charge in [-0.25, -0.2) is 4.39 Å². The molecule has 1 N–H and O–H groups in total. The Hall–Kier alpha value is -1.56. The molecule has 1 saturated carbocycles. The van der Waals surface area contributed by atoms with Gasteiger partial charge in [0.25, 0.3) is 0 Å². The maximum atomic E-state index is 12.8. The summed E-state index contributed by atoms with van der Waals surface area (Å²) in [5.74, 6) is 0.184. The van der Waals surface area contributed by atoms with Gasteiger partial charge in [0.05, 0.1) is 6.07 Å². The van der Waals surface area contributed by atoms with Crippen LogP contribution in [-0.2, 0) is 0 Å². The zero-order chi connectivity index (χ0) is 11.6. The van der Waals surface area contributed by atoms with E-state index in [1.54, 1.807) is 12.1 Å². The Labute approximate surface area is 95.1 Å². The predicted octanol–water partition coefficient (Wildman–Crippen LogP) is 3.32. The number of benzene rings is 1. The molecule has 2 rings (SSSR count). The van der Waals surface area contributed by atoms with Gasteiger partial charge in [-0.05, 0) is 49.4 Å². The van der Waals surface area contributed by atoms with E-state index in [9.17, 15) is 9.65 Å². The molecule has 2 nitrogen and oxygen atoms in total. The lowest BCUT2D eigenvalue weighted by atomic mass is 9.91. The Morgan fingerprint density at radius 2 is 2.06 bits per heavy atom. The third-order valence-corrected chi connectivity index (χ3v) is 3.24. The Kier molecular flexibility index (Phi) is 2.82. The maximum Gasteiger partial charge on any atom is 0.127 e. The minimum Gasteiger partial charge on any atom is -0.367 e. The highest BCUT2D eigenvalue weighted by molar-refractivity contribution is 5.48. The molecule has 0 spiro atoms. The van der Waals surface area contributed by atoms with Gasteiger partial charge in [-0.3, -0.25) is 0 Å². The molecule has 84 valence electrons. The van der Waals surface area contributed by atoms with Crippen LogP contribution >= 0.6 is 0 Å². The van der Waals surface area contributed by atoms with Crippen LogP contribution in [0.3, 0.4) is 0 Å². The van der Waals surface area contributed by atoms with E-state index >= 15 is 0 Å². The second-order valence-corrected chi connectivity index (χ2v) is 4.34. The van der Waals surface area contributed by atoms with E-state index in [1.165, 1.54) is 12.1 Å². The van der Waals surface area contributed by atoms with E-state index in [0.29, 0.717) is 5.92 Å². The average Bonchev–Trinajstić information content (AvgIpc) is 3.13. The lowest BCUT2D eigenvalue weighted by molar-refractivity contribution is 0.499. The van der Waals surface area contributed by atoms with E-state index in [4.69, 9.17) is 0 Å². The summed E-state index contributed by atoms with van der Waals surface area (Å²) in [7, 11) is 0. The van der Waals surface area contributed by atoms with Crippen molar-refractivity contribution in [1.29, 1.82) is 5.26 Å². The fourth-order valence-electron chi connectivity index (χ4n) is 2.04. The molecule has 1 aliphatic carbocycles. The van der Waals surface area contributed by atoms with Gasteiger partial charge in [-0.2, -0.15) is 5.26 Å². The van der Waals surface area contributed by atoms with Crippen LogP contribution in [-0.4, -0.2) is 5.54 Å². The summed E-state index contributed by atoms with van der Waals surface area (Å²) in [6.45, 7) is 2.01. The summed E-state index contributed by atoms with van der Waals surface area (Å²) < 4.78 is 12.8. The van der Waals surface area contributed by atoms with E-state index in [2.05, 4.69) is 11.4 Å². The van der Waals surface area contributed by atoms with Crippen molar-refractivity contribution in [2.75, 3.05) is 5.32 Å². The predicted molar refractivity (Wildman–Crippen MR) is 61.4 cm³/mol. The Morgan fingerprint density at radius 3 is 2.50 bits per heavy atom. The van der Waals surface area contributed by atoms with E-state index < -0.39 is 5.54 Å². The first-order valence-corrected chi connectivity index (χ1v) is 5.65. The first kappa shape index (κ1) is 10.9. The molecule has 3 heteroatoms. The molecule has 1 aliphatic rings. The molecular formula is C13H15FN2. The zero-order valence-electron chi connectivity index (χ0n) is 9.33. The molecule has 0 bridgehead atoms. The second-order valence-electron chi connectivity index (χ2n) is 4.34. The van der Waals surface area contributed by atoms with Gasteiger partial charge in [0.2, 0.25) is 0 Å². The fraction of sp³-hybridized carbons (Fsp3) is 0.462. The van der Waals surface area contributed by atoms with Crippen LogP contribution < -0.4 is 5.32 Å². The number of rotatable bonds is 4. The number of nitrogens with one attached hydrogen (secondary N) is 1. The van der Waals surface area contributed by atoms with Crippen LogP contribution in [0.1, 0.15) is 26.2 Å². The normalized spacial score (nSPS) is 18.6. The number of anilines is 1. The van der Waals surface area contributed by atoms with E-state index in [1.807, 2.05) is 6.92 Å². The first-order chi connectivity index (χ1) is 7.70.